The maximum Gasteiger partial charge on any atom is 0.245 e. The Balaban J connectivity index is 4.21. The summed E-state index contributed by atoms with van der Waals surface area (Å²) < 4.78 is 1.08. The highest BCUT2D eigenvalue weighted by atomic mass is 16.2. The Morgan fingerprint density at radius 3 is 2.07 bits per heavy atom. The lowest BCUT2D eigenvalue weighted by Crippen LogP contribution is -2.51. The minimum Gasteiger partial charge on any atom is -0.337 e. The average molecular weight is 213 g/mol. The molecule has 0 spiro atoms. The zero-order valence-electron chi connectivity index (χ0n) is 10.6. The normalized spacial score (nSPS) is 11.2. The third-order valence-electron chi connectivity index (χ3n) is 3.47. The average Bonchev–Trinajstić information content (AvgIpc) is 2.30. The molecule has 0 saturated heterocycles. The van der Waals surface area contributed by atoms with Crippen LogP contribution in [0.1, 0.15) is 20.8 Å². The van der Waals surface area contributed by atoms with Gasteiger partial charge in [0.25, 0.3) is 0 Å². The van der Waals surface area contributed by atoms with E-state index < -0.39 is 0 Å². The number of rotatable bonds is 7. The molecule has 0 unspecified atom stereocenters. The lowest BCUT2D eigenvalue weighted by atomic mass is 10.3. The first kappa shape index (κ1) is 14.2. The summed E-state index contributed by atoms with van der Waals surface area (Å²) >= 11 is 0. The smallest absolute Gasteiger partial charge is 0.245 e. The molecule has 1 amide bonds. The third kappa shape index (κ3) is 4.04. The maximum absolute atomic E-state index is 11.3. The van der Waals surface area contributed by atoms with Gasteiger partial charge in [0, 0.05) is 7.05 Å². The number of likely N-dealkylation sites (N-methyl/N-ethyl adjacent to an activating group) is 2. The summed E-state index contributed by atoms with van der Waals surface area (Å²) in [7, 11) is 1.83. The second kappa shape index (κ2) is 6.62. The van der Waals surface area contributed by atoms with Crippen LogP contribution < -0.4 is 0 Å². The van der Waals surface area contributed by atoms with Gasteiger partial charge < -0.3 is 9.38 Å². The van der Waals surface area contributed by atoms with Crippen LogP contribution in [-0.2, 0) is 4.79 Å². The molecule has 0 rings (SSSR count). The van der Waals surface area contributed by atoms with Gasteiger partial charge in [-0.1, -0.05) is 6.58 Å². The van der Waals surface area contributed by atoms with Crippen LogP contribution in [0.15, 0.2) is 12.7 Å². The molecule has 0 bridgehead atoms. The van der Waals surface area contributed by atoms with E-state index in [0.29, 0.717) is 0 Å². The van der Waals surface area contributed by atoms with E-state index in [1.165, 1.54) is 6.08 Å². The highest BCUT2D eigenvalue weighted by Crippen LogP contribution is 2.05. The largest absolute Gasteiger partial charge is 0.337 e. The summed E-state index contributed by atoms with van der Waals surface area (Å²) in [6, 6.07) is 0. The molecule has 0 aliphatic carbocycles. The van der Waals surface area contributed by atoms with E-state index in [1.54, 1.807) is 4.90 Å². The zero-order chi connectivity index (χ0) is 11.9. The van der Waals surface area contributed by atoms with Crippen LogP contribution in [0, 0.1) is 0 Å². The van der Waals surface area contributed by atoms with Crippen molar-refractivity contribution in [2.24, 2.45) is 0 Å². The van der Waals surface area contributed by atoms with Gasteiger partial charge in [-0.3, -0.25) is 4.79 Å². The molecule has 0 aromatic heterocycles. The van der Waals surface area contributed by atoms with Crippen LogP contribution in [0.5, 0.6) is 0 Å². The highest BCUT2D eigenvalue weighted by Gasteiger charge is 2.21. The number of amides is 1. The van der Waals surface area contributed by atoms with Crippen LogP contribution in [0.25, 0.3) is 0 Å². The predicted octanol–water partition coefficient (Wildman–Crippen LogP) is 1.51. The first-order valence-corrected chi connectivity index (χ1v) is 5.77. The van der Waals surface area contributed by atoms with E-state index >= 15 is 0 Å². The van der Waals surface area contributed by atoms with E-state index in [2.05, 4.69) is 27.4 Å². The molecule has 0 atom stereocenters. The van der Waals surface area contributed by atoms with E-state index in [0.717, 1.165) is 37.2 Å². The lowest BCUT2D eigenvalue weighted by Gasteiger charge is -2.36. The van der Waals surface area contributed by atoms with Crippen molar-refractivity contribution in [3.63, 3.8) is 0 Å². The van der Waals surface area contributed by atoms with Gasteiger partial charge in [0.1, 0.15) is 0 Å². The standard InChI is InChI=1S/C12H25N2O/c1-6-12(15)13(5)10-11-14(7-2,8-3)9-4/h6H,1,7-11H2,2-5H3/q+1. The van der Waals surface area contributed by atoms with Crippen molar-refractivity contribution in [1.82, 2.24) is 4.90 Å². The van der Waals surface area contributed by atoms with Gasteiger partial charge in [-0.25, -0.2) is 0 Å². The van der Waals surface area contributed by atoms with Crippen molar-refractivity contribution in [3.05, 3.63) is 12.7 Å². The van der Waals surface area contributed by atoms with E-state index in [9.17, 15) is 4.79 Å². The molecule has 88 valence electrons. The molecule has 0 radical (unpaired) electrons. The van der Waals surface area contributed by atoms with Gasteiger partial charge in [0.2, 0.25) is 5.91 Å². The van der Waals surface area contributed by atoms with E-state index in [1.807, 2.05) is 7.05 Å². The summed E-state index contributed by atoms with van der Waals surface area (Å²) in [5.74, 6) is 0.0106. The van der Waals surface area contributed by atoms with Gasteiger partial charge in [-0.15, -0.1) is 0 Å². The molecule has 0 aliphatic heterocycles. The number of hydrogen-bond acceptors (Lipinski definition) is 1. The fourth-order valence-electron chi connectivity index (χ4n) is 1.77. The van der Waals surface area contributed by atoms with Crippen molar-refractivity contribution in [2.45, 2.75) is 20.8 Å². The fourth-order valence-corrected chi connectivity index (χ4v) is 1.77. The van der Waals surface area contributed by atoms with Crippen LogP contribution in [-0.4, -0.2) is 55.1 Å². The Morgan fingerprint density at radius 2 is 1.73 bits per heavy atom. The molecule has 3 heteroatoms. The molecule has 0 saturated carbocycles. The van der Waals surface area contributed by atoms with Gasteiger partial charge in [-0.2, -0.15) is 0 Å². The summed E-state index contributed by atoms with van der Waals surface area (Å²) in [5.41, 5.74) is 0. The number of quaternary nitrogens is 1. The molecule has 3 nitrogen and oxygen atoms in total. The third-order valence-corrected chi connectivity index (χ3v) is 3.47. The summed E-state index contributed by atoms with van der Waals surface area (Å²) in [4.78, 5) is 13.0. The van der Waals surface area contributed by atoms with Crippen LogP contribution in [0.2, 0.25) is 0 Å². The summed E-state index contributed by atoms with van der Waals surface area (Å²) in [6.45, 7) is 15.3. The molecule has 0 aliphatic rings. The van der Waals surface area contributed by atoms with Crippen LogP contribution in [0.4, 0.5) is 0 Å². The molecular weight excluding hydrogens is 188 g/mol. The Kier molecular flexibility index (Phi) is 6.25. The monoisotopic (exact) mass is 213 g/mol. The fraction of sp³-hybridized carbons (Fsp3) is 0.750. The minimum atomic E-state index is 0.0106. The number of carbonyl (C=O) groups excluding carboxylic acids is 1. The van der Waals surface area contributed by atoms with Crippen molar-refractivity contribution in [3.8, 4) is 0 Å². The zero-order valence-corrected chi connectivity index (χ0v) is 10.6. The van der Waals surface area contributed by atoms with Crippen LogP contribution in [0.3, 0.4) is 0 Å². The first-order chi connectivity index (χ1) is 7.05. The molecular formula is C12H25N2O+. The SMILES string of the molecule is C=CC(=O)N(C)CC[N+](CC)(CC)CC. The predicted molar refractivity (Wildman–Crippen MR) is 64.6 cm³/mol. The Bertz CT molecular complexity index is 201. The second-order valence-electron chi connectivity index (χ2n) is 3.98. The van der Waals surface area contributed by atoms with Crippen molar-refractivity contribution < 1.29 is 9.28 Å². The molecule has 0 aromatic carbocycles. The molecule has 0 aromatic rings. The summed E-state index contributed by atoms with van der Waals surface area (Å²) in [6.07, 6.45) is 1.37. The van der Waals surface area contributed by atoms with Gasteiger partial charge in [0.15, 0.2) is 0 Å². The highest BCUT2D eigenvalue weighted by molar-refractivity contribution is 5.86. The van der Waals surface area contributed by atoms with Gasteiger partial charge in [-0.05, 0) is 26.8 Å². The molecule has 0 N–H and O–H groups in total. The maximum atomic E-state index is 11.3. The molecule has 0 heterocycles. The number of hydrogen-bond donors (Lipinski definition) is 0. The van der Waals surface area contributed by atoms with Crippen LogP contribution >= 0.6 is 0 Å². The Hall–Kier alpha value is -0.830. The minimum absolute atomic E-state index is 0.0106. The van der Waals surface area contributed by atoms with Crippen molar-refractivity contribution in [2.75, 3.05) is 39.8 Å². The van der Waals surface area contributed by atoms with Gasteiger partial charge >= 0.3 is 0 Å². The Morgan fingerprint density at radius 1 is 1.27 bits per heavy atom. The quantitative estimate of drug-likeness (QED) is 0.464. The Labute approximate surface area is 94.0 Å². The topological polar surface area (TPSA) is 20.3 Å². The second-order valence-corrected chi connectivity index (χ2v) is 3.98. The van der Waals surface area contributed by atoms with Gasteiger partial charge in [0.05, 0.1) is 32.7 Å². The van der Waals surface area contributed by atoms with E-state index in [-0.39, 0.29) is 5.91 Å². The lowest BCUT2D eigenvalue weighted by molar-refractivity contribution is -0.922. The number of carbonyl (C=O) groups is 1. The van der Waals surface area contributed by atoms with Crippen molar-refractivity contribution >= 4 is 5.91 Å². The molecule has 15 heavy (non-hydrogen) atoms. The first-order valence-electron chi connectivity index (χ1n) is 5.77. The van der Waals surface area contributed by atoms with E-state index in [4.69, 9.17) is 0 Å². The van der Waals surface area contributed by atoms with Crippen molar-refractivity contribution in [1.29, 1.82) is 0 Å². The summed E-state index contributed by atoms with van der Waals surface area (Å²) in [5, 5.41) is 0. The molecule has 0 fully saturated rings. The number of nitrogens with zero attached hydrogens (tertiary/aromatic N) is 2.